The topological polar surface area (TPSA) is 95.6 Å². The number of hydrogen-bond acceptors (Lipinski definition) is 5. The van der Waals surface area contributed by atoms with E-state index in [9.17, 15) is 0 Å². The van der Waals surface area contributed by atoms with Crippen LogP contribution in [0.3, 0.4) is 0 Å². The van der Waals surface area contributed by atoms with Gasteiger partial charge in [0, 0.05) is 14.1 Å². The van der Waals surface area contributed by atoms with E-state index >= 15 is 0 Å². The monoisotopic (exact) mass is 219 g/mol. The lowest BCUT2D eigenvalue weighted by Crippen LogP contribution is -2.23. The third-order valence-electron chi connectivity index (χ3n) is 2.39. The van der Waals surface area contributed by atoms with Gasteiger partial charge in [0.2, 0.25) is 0 Å². The molecular formula is C9H13N7. The molecule has 3 N–H and O–H groups in total. The molecule has 7 heteroatoms. The van der Waals surface area contributed by atoms with Gasteiger partial charge in [0.05, 0.1) is 11.9 Å². The maximum atomic E-state index is 7.78. The van der Waals surface area contributed by atoms with Crippen LogP contribution in [-0.2, 0) is 7.05 Å². The zero-order valence-electron chi connectivity index (χ0n) is 9.39. The summed E-state index contributed by atoms with van der Waals surface area (Å²) in [6.45, 7) is 1.81. The molecule has 0 fully saturated rings. The number of nitrogens with one attached hydrogen (secondary N) is 1. The van der Waals surface area contributed by atoms with Crippen molar-refractivity contribution >= 4 is 28.8 Å². The normalized spacial score (nSPS) is 18.4. The summed E-state index contributed by atoms with van der Waals surface area (Å²) in [5.41, 5.74) is 7.57. The third kappa shape index (κ3) is 1.46. The van der Waals surface area contributed by atoms with Gasteiger partial charge < -0.3 is 5.73 Å². The molecule has 0 unspecified atom stereocenters. The molecule has 0 bridgehead atoms. The highest BCUT2D eigenvalue weighted by atomic mass is 15.5. The number of anilines is 1. The number of nitrogens with two attached hydrogens (primary N) is 1. The van der Waals surface area contributed by atoms with Gasteiger partial charge in [-0.15, -0.1) is 0 Å². The molecule has 16 heavy (non-hydrogen) atoms. The molecular weight excluding hydrogens is 206 g/mol. The van der Waals surface area contributed by atoms with Crippen LogP contribution in [0.5, 0.6) is 0 Å². The lowest BCUT2D eigenvalue weighted by atomic mass is 10.2. The summed E-state index contributed by atoms with van der Waals surface area (Å²) in [6, 6.07) is 0. The number of nitrogen functional groups attached to an aromatic ring is 1. The van der Waals surface area contributed by atoms with Crippen molar-refractivity contribution in [1.29, 1.82) is 5.41 Å². The zero-order chi connectivity index (χ0) is 11.9. The highest BCUT2D eigenvalue weighted by Crippen LogP contribution is 2.21. The van der Waals surface area contributed by atoms with Gasteiger partial charge in [0.25, 0.3) is 0 Å². The summed E-state index contributed by atoms with van der Waals surface area (Å²) >= 11 is 0. The molecule has 0 radical (unpaired) electrons. The third-order valence-corrected chi connectivity index (χ3v) is 2.39. The van der Waals surface area contributed by atoms with Gasteiger partial charge in [0.15, 0.2) is 5.84 Å². The Morgan fingerprint density at radius 1 is 1.44 bits per heavy atom. The van der Waals surface area contributed by atoms with Gasteiger partial charge in [0.1, 0.15) is 17.2 Å². The van der Waals surface area contributed by atoms with E-state index in [1.54, 1.807) is 20.3 Å². The van der Waals surface area contributed by atoms with Gasteiger partial charge in [-0.2, -0.15) is 10.2 Å². The molecule has 1 aliphatic rings. The Morgan fingerprint density at radius 2 is 2.12 bits per heavy atom. The Hall–Kier alpha value is -2.18. The van der Waals surface area contributed by atoms with Crippen LogP contribution < -0.4 is 5.73 Å². The molecule has 0 saturated carbocycles. The first-order valence-electron chi connectivity index (χ1n) is 4.75. The van der Waals surface area contributed by atoms with Crippen LogP contribution in [-0.4, -0.2) is 39.1 Å². The van der Waals surface area contributed by atoms with E-state index in [4.69, 9.17) is 11.1 Å². The molecule has 2 rings (SSSR count). The minimum atomic E-state index is 0.265. The molecule has 7 nitrogen and oxygen atoms in total. The highest BCUT2D eigenvalue weighted by molar-refractivity contribution is 6.69. The van der Waals surface area contributed by atoms with Gasteiger partial charge in [-0.1, -0.05) is 0 Å². The number of rotatable bonds is 1. The fraction of sp³-hybridized carbons (Fsp3) is 0.333. The van der Waals surface area contributed by atoms with Crippen molar-refractivity contribution in [1.82, 2.24) is 14.8 Å². The fourth-order valence-corrected chi connectivity index (χ4v) is 1.42. The Labute approximate surface area is 92.8 Å². The molecule has 84 valence electrons. The number of amidine groups is 1. The van der Waals surface area contributed by atoms with E-state index in [1.807, 2.05) is 6.92 Å². The van der Waals surface area contributed by atoms with Crippen molar-refractivity contribution in [3.05, 3.63) is 6.20 Å². The number of aryl methyl sites for hydroxylation is 1. The van der Waals surface area contributed by atoms with Crippen molar-refractivity contribution < 1.29 is 0 Å². The number of hydrogen-bond donors (Lipinski definition) is 2. The number of aliphatic imine (C=N–C) groups is 1. The van der Waals surface area contributed by atoms with E-state index in [2.05, 4.69) is 15.2 Å². The Balaban J connectivity index is 2.43. The average molecular weight is 219 g/mol. The second-order valence-electron chi connectivity index (χ2n) is 3.56. The van der Waals surface area contributed by atoms with Crippen LogP contribution in [0.25, 0.3) is 0 Å². The number of hydrazone groups is 1. The smallest absolute Gasteiger partial charge is 0.169 e. The molecule has 0 atom stereocenters. The van der Waals surface area contributed by atoms with Gasteiger partial charge in [-0.05, 0) is 6.92 Å². The highest BCUT2D eigenvalue weighted by Gasteiger charge is 2.23. The quantitative estimate of drug-likeness (QED) is 0.714. The summed E-state index contributed by atoms with van der Waals surface area (Å²) < 4.78 is 1.54. The summed E-state index contributed by atoms with van der Waals surface area (Å²) in [4.78, 5) is 4.30. The molecule has 0 spiro atoms. The summed E-state index contributed by atoms with van der Waals surface area (Å²) in [5, 5.41) is 17.4. The predicted molar refractivity (Wildman–Crippen MR) is 63.3 cm³/mol. The minimum absolute atomic E-state index is 0.265. The first kappa shape index (κ1) is 10.3. The van der Waals surface area contributed by atoms with Gasteiger partial charge >= 0.3 is 0 Å². The van der Waals surface area contributed by atoms with Crippen molar-refractivity contribution in [2.45, 2.75) is 6.92 Å². The van der Waals surface area contributed by atoms with Crippen LogP contribution in [0.15, 0.2) is 16.3 Å². The molecule has 2 heterocycles. The minimum Gasteiger partial charge on any atom is -0.382 e. The molecule has 1 aliphatic heterocycles. The van der Waals surface area contributed by atoms with E-state index < -0.39 is 0 Å². The zero-order valence-corrected chi connectivity index (χ0v) is 9.39. The van der Waals surface area contributed by atoms with Crippen LogP contribution in [0, 0.1) is 5.41 Å². The largest absolute Gasteiger partial charge is 0.382 e. The van der Waals surface area contributed by atoms with Crippen molar-refractivity contribution in [2.75, 3.05) is 12.8 Å². The Morgan fingerprint density at radius 3 is 2.56 bits per heavy atom. The summed E-state index contributed by atoms with van der Waals surface area (Å²) in [5.74, 6) is 0.739. The van der Waals surface area contributed by atoms with Crippen LogP contribution in [0.1, 0.15) is 6.92 Å². The number of aromatic nitrogens is 2. The van der Waals surface area contributed by atoms with Crippen LogP contribution in [0.4, 0.5) is 11.5 Å². The van der Waals surface area contributed by atoms with E-state index in [0.29, 0.717) is 22.9 Å². The summed E-state index contributed by atoms with van der Waals surface area (Å²) in [7, 11) is 3.45. The average Bonchev–Trinajstić information content (AvgIpc) is 2.66. The van der Waals surface area contributed by atoms with Crippen molar-refractivity contribution in [3.8, 4) is 0 Å². The maximum absolute atomic E-state index is 7.78. The Kier molecular flexibility index (Phi) is 2.22. The number of nitrogens with zero attached hydrogens (tertiary/aromatic N) is 5. The van der Waals surface area contributed by atoms with E-state index in [1.165, 1.54) is 9.69 Å². The lowest BCUT2D eigenvalue weighted by Gasteiger charge is -2.04. The first-order valence-corrected chi connectivity index (χ1v) is 4.75. The SMILES string of the molecule is CC1=NN(C)C(=N)/C1=N\c1cnn(C)c1N. The van der Waals surface area contributed by atoms with E-state index in [0.717, 1.165) is 0 Å². The second kappa shape index (κ2) is 3.44. The first-order chi connectivity index (χ1) is 7.50. The van der Waals surface area contributed by atoms with E-state index in [-0.39, 0.29) is 5.84 Å². The predicted octanol–water partition coefficient (Wildman–Crippen LogP) is 0.373. The van der Waals surface area contributed by atoms with Gasteiger partial charge in [-0.25, -0.2) is 10.0 Å². The molecule has 1 aromatic heterocycles. The molecule has 1 aromatic rings. The molecule has 0 amide bonds. The van der Waals surface area contributed by atoms with Crippen molar-refractivity contribution in [3.63, 3.8) is 0 Å². The standard InChI is InChI=1S/C9H13N7/c1-5-7(9(11)16(3)14-5)13-6-4-12-15(2)8(6)10/h4,11H,10H2,1-3H3/b11-9?,13-7-. The van der Waals surface area contributed by atoms with Crippen LogP contribution in [0.2, 0.25) is 0 Å². The molecule has 0 aromatic carbocycles. The molecule has 0 aliphatic carbocycles. The van der Waals surface area contributed by atoms with Gasteiger partial charge in [-0.3, -0.25) is 10.1 Å². The second-order valence-corrected chi connectivity index (χ2v) is 3.56. The van der Waals surface area contributed by atoms with Crippen LogP contribution >= 0.6 is 0 Å². The molecule has 0 saturated heterocycles. The lowest BCUT2D eigenvalue weighted by molar-refractivity contribution is 0.557. The fourth-order valence-electron chi connectivity index (χ4n) is 1.42. The summed E-state index contributed by atoms with van der Waals surface area (Å²) in [6.07, 6.45) is 1.57. The maximum Gasteiger partial charge on any atom is 0.169 e. The van der Waals surface area contributed by atoms with Crippen molar-refractivity contribution in [2.24, 2.45) is 17.1 Å². The Bertz CT molecular complexity index is 508.